The zero-order valence-electron chi connectivity index (χ0n) is 17.8. The van der Waals surface area contributed by atoms with Crippen LogP contribution in [0, 0.1) is 25.5 Å². The summed E-state index contributed by atoms with van der Waals surface area (Å²) in [6, 6.07) is 6.53. The van der Waals surface area contributed by atoms with Crippen LogP contribution in [0.3, 0.4) is 0 Å². The molecule has 7 nitrogen and oxygen atoms in total. The molecule has 1 saturated heterocycles. The highest BCUT2D eigenvalue weighted by Gasteiger charge is 2.17. The molecule has 1 fully saturated rings. The van der Waals surface area contributed by atoms with Crippen molar-refractivity contribution in [2.75, 3.05) is 43.4 Å². The summed E-state index contributed by atoms with van der Waals surface area (Å²) in [4.78, 5) is 13.7. The summed E-state index contributed by atoms with van der Waals surface area (Å²) in [6.45, 7) is 7.08. The van der Waals surface area contributed by atoms with Crippen molar-refractivity contribution < 1.29 is 8.78 Å². The Hall–Kier alpha value is -3.33. The van der Waals surface area contributed by atoms with Crippen molar-refractivity contribution in [2.45, 2.75) is 13.8 Å². The van der Waals surface area contributed by atoms with Gasteiger partial charge in [-0.1, -0.05) is 6.08 Å². The molecule has 162 valence electrons. The van der Waals surface area contributed by atoms with Crippen LogP contribution < -0.4 is 10.2 Å². The fourth-order valence-electron chi connectivity index (χ4n) is 3.42. The van der Waals surface area contributed by atoms with Gasteiger partial charge < -0.3 is 15.1 Å². The van der Waals surface area contributed by atoms with Crippen molar-refractivity contribution in [2.24, 2.45) is 0 Å². The van der Waals surface area contributed by atoms with Crippen LogP contribution in [-0.4, -0.2) is 58.3 Å². The molecule has 3 aromatic rings. The van der Waals surface area contributed by atoms with Gasteiger partial charge in [0.2, 0.25) is 0 Å². The van der Waals surface area contributed by atoms with Crippen LogP contribution in [0.25, 0.3) is 12.2 Å². The van der Waals surface area contributed by atoms with E-state index in [2.05, 4.69) is 42.3 Å². The molecule has 9 heteroatoms. The molecule has 2 aromatic heterocycles. The summed E-state index contributed by atoms with van der Waals surface area (Å²) in [5, 5.41) is 10.3. The first-order chi connectivity index (χ1) is 14.9. The topological polar surface area (TPSA) is 73.0 Å². The molecule has 1 aromatic carbocycles. The lowest BCUT2D eigenvalue weighted by molar-refractivity contribution is 0.312. The molecule has 1 aliphatic heterocycles. The van der Waals surface area contributed by atoms with E-state index in [0.717, 1.165) is 43.8 Å². The molecule has 31 heavy (non-hydrogen) atoms. The quantitative estimate of drug-likeness (QED) is 0.649. The van der Waals surface area contributed by atoms with E-state index in [1.807, 2.05) is 19.1 Å². The maximum atomic E-state index is 13.7. The minimum atomic E-state index is -0.872. The molecule has 0 amide bonds. The standard InChI is InChI=1S/C22H25F2N7/c1-14-10-16(12-17(23)22(14)24)4-5-18-25-19(26-20-11-15(2)28-29-20)13-21(27-18)31-8-6-30(3)7-9-31/h4-5,10-13H,6-9H2,1-3H3,(H2,25,26,27,28,29)/b5-4+. The summed E-state index contributed by atoms with van der Waals surface area (Å²) < 4.78 is 27.3. The third-order valence-corrected chi connectivity index (χ3v) is 5.18. The Kier molecular flexibility index (Phi) is 5.94. The van der Waals surface area contributed by atoms with Gasteiger partial charge in [-0.15, -0.1) is 0 Å². The van der Waals surface area contributed by atoms with Gasteiger partial charge in [-0.05, 0) is 50.2 Å². The molecule has 3 heterocycles. The van der Waals surface area contributed by atoms with Crippen molar-refractivity contribution >= 4 is 29.6 Å². The van der Waals surface area contributed by atoms with E-state index in [1.165, 1.54) is 6.92 Å². The number of rotatable bonds is 5. The van der Waals surface area contributed by atoms with E-state index in [0.29, 0.717) is 23.0 Å². The average Bonchev–Trinajstić information content (AvgIpc) is 3.15. The van der Waals surface area contributed by atoms with Crippen LogP contribution in [-0.2, 0) is 0 Å². The third kappa shape index (κ3) is 5.05. The second-order valence-electron chi connectivity index (χ2n) is 7.79. The highest BCUT2D eigenvalue weighted by molar-refractivity contribution is 5.69. The Morgan fingerprint density at radius 2 is 1.74 bits per heavy atom. The number of anilines is 3. The van der Waals surface area contributed by atoms with Gasteiger partial charge in [-0.3, -0.25) is 5.10 Å². The van der Waals surface area contributed by atoms with E-state index in [-0.39, 0.29) is 5.56 Å². The Morgan fingerprint density at radius 1 is 0.968 bits per heavy atom. The predicted molar refractivity (Wildman–Crippen MR) is 118 cm³/mol. The molecule has 0 unspecified atom stereocenters. The molecule has 0 atom stereocenters. The molecule has 0 radical (unpaired) electrons. The number of hydrogen-bond acceptors (Lipinski definition) is 6. The lowest BCUT2D eigenvalue weighted by Gasteiger charge is -2.33. The predicted octanol–water partition coefficient (Wildman–Crippen LogP) is 3.76. The van der Waals surface area contributed by atoms with Crippen LogP contribution in [0.1, 0.15) is 22.6 Å². The zero-order valence-corrected chi connectivity index (χ0v) is 17.8. The van der Waals surface area contributed by atoms with Crippen molar-refractivity contribution in [3.63, 3.8) is 0 Å². The average molecular weight is 425 g/mol. The number of halogens is 2. The minimum absolute atomic E-state index is 0.253. The fraction of sp³-hybridized carbons (Fsp3) is 0.318. The van der Waals surface area contributed by atoms with E-state index in [9.17, 15) is 8.78 Å². The number of piperazine rings is 1. The summed E-state index contributed by atoms with van der Waals surface area (Å²) in [6.07, 6.45) is 3.38. The van der Waals surface area contributed by atoms with Crippen LogP contribution >= 0.6 is 0 Å². The molecule has 2 N–H and O–H groups in total. The zero-order chi connectivity index (χ0) is 22.0. The molecule has 1 aliphatic rings. The monoisotopic (exact) mass is 425 g/mol. The van der Waals surface area contributed by atoms with Crippen LogP contribution in [0.15, 0.2) is 24.3 Å². The molecule has 0 aliphatic carbocycles. The first-order valence-electron chi connectivity index (χ1n) is 10.1. The molecular weight excluding hydrogens is 400 g/mol. The number of likely N-dealkylation sites (N-methyl/N-ethyl adjacent to an activating group) is 1. The van der Waals surface area contributed by atoms with Gasteiger partial charge in [0.05, 0.1) is 0 Å². The lowest BCUT2D eigenvalue weighted by atomic mass is 10.1. The largest absolute Gasteiger partial charge is 0.354 e. The molecular formula is C22H25F2N7. The van der Waals surface area contributed by atoms with Gasteiger partial charge in [0.25, 0.3) is 0 Å². The van der Waals surface area contributed by atoms with Gasteiger partial charge in [0.1, 0.15) is 11.6 Å². The number of aryl methyl sites for hydroxylation is 2. The number of hydrogen-bond donors (Lipinski definition) is 2. The first kappa shape index (κ1) is 20.9. The smallest absolute Gasteiger partial charge is 0.161 e. The number of nitrogens with one attached hydrogen (secondary N) is 2. The second-order valence-corrected chi connectivity index (χ2v) is 7.79. The minimum Gasteiger partial charge on any atom is -0.354 e. The normalized spacial score (nSPS) is 15.1. The van der Waals surface area contributed by atoms with E-state index >= 15 is 0 Å². The Morgan fingerprint density at radius 3 is 2.42 bits per heavy atom. The highest BCUT2D eigenvalue weighted by atomic mass is 19.2. The van der Waals surface area contributed by atoms with E-state index < -0.39 is 11.6 Å². The highest BCUT2D eigenvalue weighted by Crippen LogP contribution is 2.22. The van der Waals surface area contributed by atoms with Crippen LogP contribution in [0.5, 0.6) is 0 Å². The fourth-order valence-corrected chi connectivity index (χ4v) is 3.42. The van der Waals surface area contributed by atoms with Gasteiger partial charge in [-0.2, -0.15) is 5.10 Å². The Labute approximate surface area is 179 Å². The second kappa shape index (κ2) is 8.81. The maximum Gasteiger partial charge on any atom is 0.161 e. The number of nitrogens with zero attached hydrogens (tertiary/aromatic N) is 5. The number of H-pyrrole nitrogens is 1. The number of aromatic amines is 1. The summed E-state index contributed by atoms with van der Waals surface area (Å²) >= 11 is 0. The van der Waals surface area contributed by atoms with Crippen molar-refractivity contribution in [3.8, 4) is 0 Å². The van der Waals surface area contributed by atoms with E-state index in [1.54, 1.807) is 18.2 Å². The molecule has 0 saturated carbocycles. The number of aromatic nitrogens is 4. The lowest BCUT2D eigenvalue weighted by Crippen LogP contribution is -2.44. The van der Waals surface area contributed by atoms with Gasteiger partial charge in [-0.25, -0.2) is 18.7 Å². The van der Waals surface area contributed by atoms with Crippen molar-refractivity contribution in [3.05, 3.63) is 58.5 Å². The van der Waals surface area contributed by atoms with Gasteiger partial charge in [0, 0.05) is 44.0 Å². The van der Waals surface area contributed by atoms with Crippen LogP contribution in [0.2, 0.25) is 0 Å². The SMILES string of the molecule is Cc1cc(Nc2cc(N3CCN(C)CC3)nc(/C=C/c3cc(C)c(F)c(F)c3)n2)n[nH]1. The van der Waals surface area contributed by atoms with E-state index in [4.69, 9.17) is 0 Å². The molecule has 4 rings (SSSR count). The Balaban J connectivity index is 1.65. The van der Waals surface area contributed by atoms with Gasteiger partial charge >= 0.3 is 0 Å². The number of benzene rings is 1. The summed E-state index contributed by atoms with van der Waals surface area (Å²) in [5.41, 5.74) is 1.73. The first-order valence-corrected chi connectivity index (χ1v) is 10.1. The summed E-state index contributed by atoms with van der Waals surface area (Å²) in [5.74, 6) is 0.838. The molecule has 0 spiro atoms. The van der Waals surface area contributed by atoms with Crippen LogP contribution in [0.4, 0.5) is 26.2 Å². The molecule has 0 bridgehead atoms. The summed E-state index contributed by atoms with van der Waals surface area (Å²) in [7, 11) is 2.10. The van der Waals surface area contributed by atoms with Crippen molar-refractivity contribution in [1.82, 2.24) is 25.1 Å². The van der Waals surface area contributed by atoms with Gasteiger partial charge in [0.15, 0.2) is 23.3 Å². The van der Waals surface area contributed by atoms with Crippen molar-refractivity contribution in [1.29, 1.82) is 0 Å². The third-order valence-electron chi connectivity index (χ3n) is 5.18. The maximum absolute atomic E-state index is 13.7. The Bertz CT molecular complexity index is 1080.